The van der Waals surface area contributed by atoms with Gasteiger partial charge in [-0.25, -0.2) is 0 Å². The molecule has 1 N–H and O–H groups in total. The molecule has 0 spiro atoms. The fraction of sp³-hybridized carbons (Fsp3) is 0.588. The fourth-order valence-electron chi connectivity index (χ4n) is 3.28. The first-order valence-electron chi connectivity index (χ1n) is 8.03. The number of hydrogen-bond acceptors (Lipinski definition) is 4. The maximum atomic E-state index is 12.9. The molecule has 0 radical (unpaired) electrons. The smallest absolute Gasteiger partial charge is 0.224 e. The Labute approximate surface area is 153 Å². The van der Waals surface area contributed by atoms with Crippen molar-refractivity contribution in [2.24, 2.45) is 0 Å². The third kappa shape index (κ3) is 4.81. The van der Waals surface area contributed by atoms with Gasteiger partial charge in [0.05, 0.1) is 6.04 Å². The molecule has 1 amide bonds. The van der Waals surface area contributed by atoms with E-state index in [9.17, 15) is 4.79 Å². The van der Waals surface area contributed by atoms with Crippen LogP contribution >= 0.6 is 35.9 Å². The average Bonchev–Trinajstić information content (AvgIpc) is 2.56. The number of rotatable bonds is 3. The maximum absolute atomic E-state index is 12.9. The number of benzene rings is 1. The molecule has 2 fully saturated rings. The van der Waals surface area contributed by atoms with Crippen LogP contribution in [0, 0.1) is 0 Å². The summed E-state index contributed by atoms with van der Waals surface area (Å²) in [5.74, 6) is 3.57. The van der Waals surface area contributed by atoms with Gasteiger partial charge in [-0.05, 0) is 5.56 Å². The third-order valence-corrected chi connectivity index (χ3v) is 6.71. The average molecular weight is 373 g/mol. The van der Waals surface area contributed by atoms with Crippen molar-refractivity contribution in [3.63, 3.8) is 0 Å². The Kier molecular flexibility index (Phi) is 7.60. The van der Waals surface area contributed by atoms with Gasteiger partial charge in [0.2, 0.25) is 5.91 Å². The molecule has 0 bridgehead atoms. The highest BCUT2D eigenvalue weighted by atomic mass is 35.5. The second-order valence-electron chi connectivity index (χ2n) is 5.95. The predicted octanol–water partition coefficient (Wildman–Crippen LogP) is 3.21. The largest absolute Gasteiger partial charge is 0.334 e. The first-order valence-corrected chi connectivity index (χ1v) is 10.2. The molecule has 3 atom stereocenters. The number of carbonyl (C=O) groups is 1. The van der Waals surface area contributed by atoms with Crippen molar-refractivity contribution >= 4 is 41.8 Å². The van der Waals surface area contributed by atoms with Crippen LogP contribution < -0.4 is 5.32 Å². The summed E-state index contributed by atoms with van der Waals surface area (Å²) in [5.41, 5.74) is 1.27. The van der Waals surface area contributed by atoms with Crippen molar-refractivity contribution in [1.29, 1.82) is 0 Å². The number of nitrogens with one attached hydrogen (secondary N) is 1. The van der Waals surface area contributed by atoms with E-state index >= 15 is 0 Å². The van der Waals surface area contributed by atoms with Gasteiger partial charge in [0.25, 0.3) is 0 Å². The van der Waals surface area contributed by atoms with Gasteiger partial charge in [0.1, 0.15) is 0 Å². The van der Waals surface area contributed by atoms with E-state index in [1.54, 1.807) is 0 Å². The molecular formula is C17H25ClN2OS2. The molecule has 3 unspecified atom stereocenters. The molecule has 3 rings (SSSR count). The van der Waals surface area contributed by atoms with Crippen LogP contribution in [0.1, 0.15) is 24.9 Å². The van der Waals surface area contributed by atoms with Crippen LogP contribution in [0.15, 0.2) is 30.3 Å². The first kappa shape index (κ1) is 19.0. The maximum Gasteiger partial charge on any atom is 0.224 e. The lowest BCUT2D eigenvalue weighted by molar-refractivity contribution is -0.134. The number of amides is 1. The number of thioether (sulfide) groups is 2. The second-order valence-corrected chi connectivity index (χ2v) is 8.58. The topological polar surface area (TPSA) is 32.3 Å². The quantitative estimate of drug-likeness (QED) is 0.883. The molecule has 6 heteroatoms. The Morgan fingerprint density at radius 1 is 1.30 bits per heavy atom. The molecule has 2 aliphatic heterocycles. The molecular weight excluding hydrogens is 348 g/mol. The first-order chi connectivity index (χ1) is 10.8. The van der Waals surface area contributed by atoms with Crippen molar-refractivity contribution in [3.05, 3.63) is 35.9 Å². The van der Waals surface area contributed by atoms with Crippen LogP contribution in [-0.2, 0) is 4.79 Å². The number of carbonyl (C=O) groups excluding carboxylic acids is 1. The number of nitrogens with zero attached hydrogens (tertiary/aromatic N) is 1. The van der Waals surface area contributed by atoms with Crippen molar-refractivity contribution < 1.29 is 4.79 Å². The van der Waals surface area contributed by atoms with E-state index in [4.69, 9.17) is 0 Å². The lowest BCUT2D eigenvalue weighted by Gasteiger charge is -2.40. The van der Waals surface area contributed by atoms with E-state index in [0.717, 1.165) is 30.3 Å². The SMILES string of the molecule is CC1SCCN(C(=O)CC2CSCCN2)C1c1ccccc1.Cl. The van der Waals surface area contributed by atoms with Gasteiger partial charge >= 0.3 is 0 Å². The van der Waals surface area contributed by atoms with Crippen molar-refractivity contribution in [3.8, 4) is 0 Å². The molecule has 2 aliphatic rings. The molecule has 23 heavy (non-hydrogen) atoms. The van der Waals surface area contributed by atoms with Crippen LogP contribution in [0.3, 0.4) is 0 Å². The Hall–Kier alpha value is -0.360. The highest BCUT2D eigenvalue weighted by molar-refractivity contribution is 8.00. The zero-order valence-electron chi connectivity index (χ0n) is 13.4. The molecule has 0 aliphatic carbocycles. The standard InChI is InChI=1S/C17H24N2OS2.ClH/c1-13-17(14-5-3-2-4-6-14)19(8-10-22-13)16(20)11-15-12-21-9-7-18-15;/h2-6,13,15,17-18H,7-12H2,1H3;1H. The van der Waals surface area contributed by atoms with Gasteiger partial charge in [0, 0.05) is 48.1 Å². The normalized spacial score (nSPS) is 28.0. The summed E-state index contributed by atoms with van der Waals surface area (Å²) in [6.45, 7) is 4.14. The zero-order valence-corrected chi connectivity index (χ0v) is 15.9. The number of halogens is 1. The highest BCUT2D eigenvalue weighted by Gasteiger charge is 2.34. The van der Waals surface area contributed by atoms with Gasteiger partial charge in [-0.2, -0.15) is 23.5 Å². The summed E-state index contributed by atoms with van der Waals surface area (Å²) in [4.78, 5) is 15.0. The van der Waals surface area contributed by atoms with Gasteiger partial charge in [0.15, 0.2) is 0 Å². The zero-order chi connectivity index (χ0) is 15.4. The van der Waals surface area contributed by atoms with Gasteiger partial charge in [-0.15, -0.1) is 12.4 Å². The van der Waals surface area contributed by atoms with Gasteiger partial charge in [-0.3, -0.25) is 4.79 Å². The molecule has 2 saturated heterocycles. The summed E-state index contributed by atoms with van der Waals surface area (Å²) in [5, 5.41) is 3.93. The summed E-state index contributed by atoms with van der Waals surface area (Å²) < 4.78 is 0. The lowest BCUT2D eigenvalue weighted by atomic mass is 10.0. The van der Waals surface area contributed by atoms with Gasteiger partial charge < -0.3 is 10.2 Å². The van der Waals surface area contributed by atoms with Crippen LogP contribution in [0.4, 0.5) is 0 Å². The van der Waals surface area contributed by atoms with E-state index in [1.165, 1.54) is 5.56 Å². The molecule has 0 aromatic heterocycles. The fourth-order valence-corrected chi connectivity index (χ4v) is 5.39. The minimum Gasteiger partial charge on any atom is -0.334 e. The monoisotopic (exact) mass is 372 g/mol. The Bertz CT molecular complexity index is 497. The minimum atomic E-state index is 0. The summed E-state index contributed by atoms with van der Waals surface area (Å²) in [6.07, 6.45) is 0.633. The lowest BCUT2D eigenvalue weighted by Crippen LogP contribution is -2.47. The van der Waals surface area contributed by atoms with E-state index in [1.807, 2.05) is 29.6 Å². The molecule has 3 nitrogen and oxygen atoms in total. The minimum absolute atomic E-state index is 0. The van der Waals surface area contributed by atoms with Crippen molar-refractivity contribution in [2.45, 2.75) is 30.7 Å². The van der Waals surface area contributed by atoms with Crippen LogP contribution in [0.5, 0.6) is 0 Å². The predicted molar refractivity (Wildman–Crippen MR) is 104 cm³/mol. The summed E-state index contributed by atoms with van der Waals surface area (Å²) in [6, 6.07) is 11.0. The van der Waals surface area contributed by atoms with Crippen molar-refractivity contribution in [1.82, 2.24) is 10.2 Å². The van der Waals surface area contributed by atoms with E-state index in [2.05, 4.69) is 41.4 Å². The van der Waals surface area contributed by atoms with Crippen LogP contribution in [0.25, 0.3) is 0 Å². The molecule has 128 valence electrons. The van der Waals surface area contributed by atoms with Crippen LogP contribution in [-0.4, -0.2) is 52.4 Å². The second kappa shape index (κ2) is 9.21. The third-order valence-electron chi connectivity index (χ3n) is 4.37. The summed E-state index contributed by atoms with van der Waals surface area (Å²) >= 11 is 3.93. The molecule has 1 aromatic rings. The van der Waals surface area contributed by atoms with E-state index < -0.39 is 0 Å². The Balaban J connectivity index is 0.00000192. The molecule has 0 saturated carbocycles. The van der Waals surface area contributed by atoms with Gasteiger partial charge in [-0.1, -0.05) is 37.3 Å². The van der Waals surface area contributed by atoms with E-state index in [-0.39, 0.29) is 18.4 Å². The van der Waals surface area contributed by atoms with Crippen LogP contribution in [0.2, 0.25) is 0 Å². The highest BCUT2D eigenvalue weighted by Crippen LogP contribution is 2.36. The Morgan fingerprint density at radius 2 is 2.09 bits per heavy atom. The van der Waals surface area contributed by atoms with Crippen molar-refractivity contribution in [2.75, 3.05) is 30.3 Å². The Morgan fingerprint density at radius 3 is 2.78 bits per heavy atom. The molecule has 1 aromatic carbocycles. The number of hydrogen-bond donors (Lipinski definition) is 1. The van der Waals surface area contributed by atoms with E-state index in [0.29, 0.717) is 23.6 Å². The molecule has 2 heterocycles. The summed E-state index contributed by atoms with van der Waals surface area (Å²) in [7, 11) is 0.